The molecule has 1 saturated carbocycles. The van der Waals surface area contributed by atoms with Crippen molar-refractivity contribution in [2.24, 2.45) is 5.92 Å². The summed E-state index contributed by atoms with van der Waals surface area (Å²) in [4.78, 5) is 17.8. The molecule has 3 aromatic rings. The molecule has 0 bridgehead atoms. The third-order valence-corrected chi connectivity index (χ3v) is 6.79. The third-order valence-electron chi connectivity index (χ3n) is 6.50. The molecule has 1 fully saturated rings. The third kappa shape index (κ3) is 5.97. The van der Waals surface area contributed by atoms with Gasteiger partial charge in [-0.15, -0.1) is 0 Å². The Morgan fingerprint density at radius 3 is 2.58 bits per heavy atom. The number of hydrogen-bond acceptors (Lipinski definition) is 5. The van der Waals surface area contributed by atoms with E-state index in [1.807, 2.05) is 18.2 Å². The second kappa shape index (κ2) is 11.7. The lowest BCUT2D eigenvalue weighted by atomic mass is 9.97. The number of benzene rings is 2. The molecule has 36 heavy (non-hydrogen) atoms. The highest BCUT2D eigenvalue weighted by Gasteiger charge is 2.34. The fourth-order valence-electron chi connectivity index (χ4n) is 4.36. The molecule has 1 aliphatic rings. The van der Waals surface area contributed by atoms with Gasteiger partial charge in [0, 0.05) is 35.9 Å². The number of amides is 1. The Bertz CT molecular complexity index is 1230. The molecular weight excluding hydrogens is 483 g/mol. The summed E-state index contributed by atoms with van der Waals surface area (Å²) in [6, 6.07) is 13.6. The average Bonchev–Trinajstić information content (AvgIpc) is 3.74. The number of ether oxygens (including phenoxy) is 2. The molecule has 0 aliphatic heterocycles. The van der Waals surface area contributed by atoms with Gasteiger partial charge >= 0.3 is 0 Å². The molecule has 1 atom stereocenters. The molecule has 8 heteroatoms. The molecule has 2 N–H and O–H groups in total. The largest absolute Gasteiger partial charge is 0.496 e. The first-order chi connectivity index (χ1) is 17.4. The van der Waals surface area contributed by atoms with Crippen molar-refractivity contribution in [3.63, 3.8) is 0 Å². The summed E-state index contributed by atoms with van der Waals surface area (Å²) >= 11 is 6.01. The van der Waals surface area contributed by atoms with Crippen molar-refractivity contribution in [2.45, 2.75) is 31.6 Å². The summed E-state index contributed by atoms with van der Waals surface area (Å²) in [5.41, 5.74) is 3.54. The van der Waals surface area contributed by atoms with E-state index in [0.717, 1.165) is 24.1 Å². The van der Waals surface area contributed by atoms with Crippen molar-refractivity contribution >= 4 is 17.5 Å². The number of carbonyl (C=O) groups excluding carboxylic acids is 1. The fourth-order valence-corrected chi connectivity index (χ4v) is 4.54. The molecule has 1 aliphatic carbocycles. The Morgan fingerprint density at radius 1 is 1.14 bits per heavy atom. The van der Waals surface area contributed by atoms with E-state index in [-0.39, 0.29) is 23.5 Å². The van der Waals surface area contributed by atoms with Crippen LogP contribution >= 0.6 is 11.6 Å². The standard InChI is InChI=1S/C28H30ClFN2O4/c1-35-25-12-11-24(32-27(25)19-9-10-23(30)22(29)14-19)21(17-5-6-17)16-31-28(34)20-8-7-18(4-3-13-33)26(15-20)36-2/h7-12,14-15,17,21,33H,3-6,13,16H2,1-2H3,(H,31,34). The molecule has 0 radical (unpaired) electrons. The van der Waals surface area contributed by atoms with Crippen molar-refractivity contribution in [3.05, 3.63) is 76.2 Å². The van der Waals surface area contributed by atoms with E-state index in [1.54, 1.807) is 32.4 Å². The quantitative estimate of drug-likeness (QED) is 0.359. The van der Waals surface area contributed by atoms with Crippen molar-refractivity contribution in [1.82, 2.24) is 10.3 Å². The number of nitrogens with one attached hydrogen (secondary N) is 1. The zero-order valence-corrected chi connectivity index (χ0v) is 21.1. The minimum absolute atomic E-state index is 0.0190. The molecule has 1 aromatic heterocycles. The topological polar surface area (TPSA) is 80.7 Å². The van der Waals surface area contributed by atoms with E-state index in [1.165, 1.54) is 12.1 Å². The number of methoxy groups -OCH3 is 2. The van der Waals surface area contributed by atoms with Gasteiger partial charge in [-0.2, -0.15) is 0 Å². The smallest absolute Gasteiger partial charge is 0.251 e. The molecular formula is C28H30ClFN2O4. The molecule has 6 nitrogen and oxygen atoms in total. The van der Waals surface area contributed by atoms with Gasteiger partial charge in [0.05, 0.1) is 19.2 Å². The number of carbonyl (C=O) groups is 1. The summed E-state index contributed by atoms with van der Waals surface area (Å²) < 4.78 is 24.7. The van der Waals surface area contributed by atoms with Crippen LogP contribution in [0.3, 0.4) is 0 Å². The molecule has 2 aromatic carbocycles. The van der Waals surface area contributed by atoms with E-state index >= 15 is 0 Å². The van der Waals surface area contributed by atoms with Gasteiger partial charge in [0.2, 0.25) is 0 Å². The van der Waals surface area contributed by atoms with Crippen molar-refractivity contribution < 1.29 is 23.8 Å². The van der Waals surface area contributed by atoms with Crippen LogP contribution in [0.1, 0.15) is 46.8 Å². The maximum atomic E-state index is 13.7. The van der Waals surface area contributed by atoms with Crippen LogP contribution in [0.25, 0.3) is 11.3 Å². The first-order valence-corrected chi connectivity index (χ1v) is 12.4. The van der Waals surface area contributed by atoms with Crippen LogP contribution in [-0.4, -0.2) is 43.4 Å². The second-order valence-corrected chi connectivity index (χ2v) is 9.33. The number of aryl methyl sites for hydroxylation is 1. The number of aliphatic hydroxyl groups is 1. The van der Waals surface area contributed by atoms with Gasteiger partial charge in [0.1, 0.15) is 23.0 Å². The molecule has 1 amide bonds. The van der Waals surface area contributed by atoms with Crippen molar-refractivity contribution in [2.75, 3.05) is 27.4 Å². The summed E-state index contributed by atoms with van der Waals surface area (Å²) in [5.74, 6) is 0.966. The molecule has 1 heterocycles. The van der Waals surface area contributed by atoms with E-state index in [4.69, 9.17) is 31.2 Å². The number of halogens is 2. The van der Waals surface area contributed by atoms with Gasteiger partial charge in [-0.3, -0.25) is 4.79 Å². The Balaban J connectivity index is 1.54. The number of pyridine rings is 1. The van der Waals surface area contributed by atoms with Gasteiger partial charge in [0.15, 0.2) is 0 Å². The average molecular weight is 513 g/mol. The van der Waals surface area contributed by atoms with Gasteiger partial charge in [-0.1, -0.05) is 17.7 Å². The van der Waals surface area contributed by atoms with Gasteiger partial charge in [-0.25, -0.2) is 9.37 Å². The maximum Gasteiger partial charge on any atom is 0.251 e. The fraction of sp³-hybridized carbons (Fsp3) is 0.357. The lowest BCUT2D eigenvalue weighted by Crippen LogP contribution is -2.29. The Labute approximate surface area is 215 Å². The zero-order valence-electron chi connectivity index (χ0n) is 20.4. The highest BCUT2D eigenvalue weighted by atomic mass is 35.5. The number of rotatable bonds is 11. The van der Waals surface area contributed by atoms with Crippen molar-refractivity contribution in [1.29, 1.82) is 0 Å². The number of aromatic nitrogens is 1. The van der Waals surface area contributed by atoms with E-state index in [2.05, 4.69) is 5.32 Å². The van der Waals surface area contributed by atoms with Crippen molar-refractivity contribution in [3.8, 4) is 22.8 Å². The minimum Gasteiger partial charge on any atom is -0.496 e. The molecule has 0 spiro atoms. The highest BCUT2D eigenvalue weighted by molar-refractivity contribution is 6.31. The van der Waals surface area contributed by atoms with Gasteiger partial charge in [0.25, 0.3) is 5.91 Å². The van der Waals surface area contributed by atoms with Crippen LogP contribution in [0.5, 0.6) is 11.5 Å². The minimum atomic E-state index is -0.493. The summed E-state index contributed by atoms with van der Waals surface area (Å²) in [5, 5.41) is 12.2. The Hall–Kier alpha value is -3.16. The van der Waals surface area contributed by atoms with E-state index in [9.17, 15) is 9.18 Å². The zero-order chi connectivity index (χ0) is 25.7. The maximum absolute atomic E-state index is 13.7. The normalized spacial score (nSPS) is 13.8. The summed E-state index contributed by atoms with van der Waals surface area (Å²) in [6.45, 7) is 0.532. The monoisotopic (exact) mass is 512 g/mol. The Morgan fingerprint density at radius 2 is 1.92 bits per heavy atom. The second-order valence-electron chi connectivity index (χ2n) is 8.92. The van der Waals surface area contributed by atoms with E-state index < -0.39 is 5.82 Å². The SMILES string of the molecule is COc1cc(C(=O)NCC(c2ccc(OC)c(-c3ccc(F)c(Cl)c3)n2)C2CC2)ccc1CCCO. The number of nitrogens with zero attached hydrogens (tertiary/aromatic N) is 1. The molecule has 1 unspecified atom stereocenters. The van der Waals surface area contributed by atoms with Crippen LogP contribution < -0.4 is 14.8 Å². The predicted octanol–water partition coefficient (Wildman–Crippen LogP) is 5.41. The van der Waals surface area contributed by atoms with Gasteiger partial charge in [-0.05, 0) is 79.6 Å². The predicted molar refractivity (Wildman–Crippen MR) is 137 cm³/mol. The molecule has 0 saturated heterocycles. The van der Waals surface area contributed by atoms with E-state index in [0.29, 0.717) is 53.6 Å². The summed E-state index contributed by atoms with van der Waals surface area (Å²) in [7, 11) is 3.14. The lowest BCUT2D eigenvalue weighted by molar-refractivity contribution is 0.0949. The lowest BCUT2D eigenvalue weighted by Gasteiger charge is -2.19. The number of hydrogen-bond donors (Lipinski definition) is 2. The van der Waals surface area contributed by atoms with Gasteiger partial charge < -0.3 is 19.9 Å². The van der Waals surface area contributed by atoms with Crippen LogP contribution in [0.15, 0.2) is 48.5 Å². The van der Waals surface area contributed by atoms with Crippen LogP contribution in [0.2, 0.25) is 5.02 Å². The number of aliphatic hydroxyl groups excluding tert-OH is 1. The highest BCUT2D eigenvalue weighted by Crippen LogP contribution is 2.43. The first kappa shape index (κ1) is 25.9. The van der Waals surface area contributed by atoms with Crippen LogP contribution in [0.4, 0.5) is 4.39 Å². The summed E-state index contributed by atoms with van der Waals surface area (Å²) in [6.07, 6.45) is 3.45. The molecule has 190 valence electrons. The molecule has 4 rings (SSSR count). The van der Waals surface area contributed by atoms with Crippen LogP contribution in [-0.2, 0) is 6.42 Å². The van der Waals surface area contributed by atoms with Crippen LogP contribution in [0, 0.1) is 11.7 Å². The Kier molecular flexibility index (Phi) is 8.44. The first-order valence-electron chi connectivity index (χ1n) is 12.0.